The number of pyridine rings is 1. The fourth-order valence-electron chi connectivity index (χ4n) is 3.73. The van der Waals surface area contributed by atoms with E-state index in [2.05, 4.69) is 20.9 Å². The molecule has 0 bridgehead atoms. The van der Waals surface area contributed by atoms with Gasteiger partial charge >= 0.3 is 29.6 Å². The van der Waals surface area contributed by atoms with Crippen molar-refractivity contribution in [2.75, 3.05) is 18.4 Å². The largest absolute Gasteiger partial charge is 1.00 e. The molecule has 0 spiro atoms. The third-order valence-electron chi connectivity index (χ3n) is 5.62. The minimum atomic E-state index is -1.27. The average Bonchev–Trinajstić information content (AvgIpc) is 2.87. The van der Waals surface area contributed by atoms with Crippen molar-refractivity contribution < 1.29 is 49.0 Å². The number of benzene rings is 2. The van der Waals surface area contributed by atoms with Crippen LogP contribution in [0.1, 0.15) is 42.9 Å². The Morgan fingerprint density at radius 2 is 1.62 bits per heavy atom. The summed E-state index contributed by atoms with van der Waals surface area (Å²) in [5.74, 6) is -1.17. The van der Waals surface area contributed by atoms with Crippen LogP contribution in [0.5, 0.6) is 0 Å². The zero-order valence-corrected chi connectivity index (χ0v) is 23.3. The van der Waals surface area contributed by atoms with Crippen LogP contribution in [0.4, 0.5) is 5.82 Å². The summed E-state index contributed by atoms with van der Waals surface area (Å²) < 4.78 is 0. The van der Waals surface area contributed by atoms with E-state index in [0.29, 0.717) is 24.9 Å². The molecular formula is C28H31N4NaO4. The summed E-state index contributed by atoms with van der Waals surface area (Å²) in [6.07, 6.45) is 3.11. The van der Waals surface area contributed by atoms with Gasteiger partial charge in [0.05, 0.1) is 12.6 Å². The molecule has 0 aliphatic rings. The van der Waals surface area contributed by atoms with Gasteiger partial charge < -0.3 is 25.9 Å². The summed E-state index contributed by atoms with van der Waals surface area (Å²) >= 11 is 0. The number of rotatable bonds is 13. The van der Waals surface area contributed by atoms with E-state index in [9.17, 15) is 19.5 Å². The van der Waals surface area contributed by atoms with Gasteiger partial charge in [-0.15, -0.1) is 0 Å². The summed E-state index contributed by atoms with van der Waals surface area (Å²) in [4.78, 5) is 40.0. The summed E-state index contributed by atoms with van der Waals surface area (Å²) in [5.41, 5.74) is 3.79. The van der Waals surface area contributed by atoms with Crippen LogP contribution in [-0.2, 0) is 14.4 Å². The smallest absolute Gasteiger partial charge is 0.550 e. The molecule has 1 unspecified atom stereocenters. The van der Waals surface area contributed by atoms with E-state index in [1.807, 2.05) is 61.5 Å². The van der Waals surface area contributed by atoms with Crippen molar-refractivity contribution in [1.29, 1.82) is 0 Å². The van der Waals surface area contributed by atoms with Gasteiger partial charge in [-0.1, -0.05) is 54.6 Å². The number of amides is 2. The molecule has 3 rings (SSSR count). The Balaban J connectivity index is 0.00000481. The van der Waals surface area contributed by atoms with Gasteiger partial charge in [-0.2, -0.15) is 0 Å². The van der Waals surface area contributed by atoms with Gasteiger partial charge in [0.25, 0.3) is 0 Å². The number of aryl methyl sites for hydroxylation is 1. The maximum Gasteiger partial charge on any atom is 1.00 e. The summed E-state index contributed by atoms with van der Waals surface area (Å²) in [7, 11) is 0. The van der Waals surface area contributed by atoms with E-state index in [4.69, 9.17) is 0 Å². The van der Waals surface area contributed by atoms with Gasteiger partial charge in [0.1, 0.15) is 5.82 Å². The van der Waals surface area contributed by atoms with Crippen molar-refractivity contribution in [2.45, 2.75) is 38.6 Å². The van der Waals surface area contributed by atoms with Crippen LogP contribution >= 0.6 is 0 Å². The van der Waals surface area contributed by atoms with E-state index >= 15 is 0 Å². The van der Waals surface area contributed by atoms with Crippen LogP contribution in [-0.4, -0.2) is 35.9 Å². The summed E-state index contributed by atoms with van der Waals surface area (Å²) in [6, 6.07) is 20.2. The molecule has 9 heteroatoms. The minimum Gasteiger partial charge on any atom is -0.550 e. The Kier molecular flexibility index (Phi) is 12.8. The molecule has 3 N–H and O–H groups in total. The van der Waals surface area contributed by atoms with E-state index in [-0.39, 0.29) is 48.4 Å². The Hall–Kier alpha value is -3.20. The zero-order valence-electron chi connectivity index (χ0n) is 21.3. The Morgan fingerprint density at radius 3 is 2.30 bits per heavy atom. The van der Waals surface area contributed by atoms with Crippen molar-refractivity contribution in [3.63, 3.8) is 0 Å². The van der Waals surface area contributed by atoms with Crippen LogP contribution in [0.25, 0.3) is 11.1 Å². The maximum absolute atomic E-state index is 12.4. The first-order chi connectivity index (χ1) is 17.4. The monoisotopic (exact) mass is 510 g/mol. The third-order valence-corrected chi connectivity index (χ3v) is 5.62. The number of unbranched alkanes of at least 4 members (excludes halogenated alkanes) is 1. The molecule has 8 nitrogen and oxygen atoms in total. The second-order valence-electron chi connectivity index (χ2n) is 8.56. The van der Waals surface area contributed by atoms with Crippen molar-refractivity contribution in [3.05, 3.63) is 84.1 Å². The molecule has 2 aromatic carbocycles. The molecular weight excluding hydrogens is 479 g/mol. The predicted molar refractivity (Wildman–Crippen MR) is 137 cm³/mol. The molecule has 0 aliphatic heterocycles. The molecule has 0 fully saturated rings. The number of carboxylic acid groups (broad SMARTS) is 1. The molecule has 0 saturated carbocycles. The first kappa shape index (κ1) is 30.0. The number of carbonyl (C=O) groups is 3. The second kappa shape index (κ2) is 15.8. The van der Waals surface area contributed by atoms with Crippen LogP contribution in [0, 0.1) is 6.92 Å². The number of anilines is 1. The molecule has 1 atom stereocenters. The van der Waals surface area contributed by atoms with Crippen LogP contribution < -0.4 is 50.6 Å². The number of aliphatic carboxylic acids is 1. The normalized spacial score (nSPS) is 11.1. The van der Waals surface area contributed by atoms with Gasteiger partial charge in [0.2, 0.25) is 11.8 Å². The molecule has 188 valence electrons. The van der Waals surface area contributed by atoms with Gasteiger partial charge in [-0.05, 0) is 54.2 Å². The maximum atomic E-state index is 12.4. The zero-order chi connectivity index (χ0) is 25.8. The summed E-state index contributed by atoms with van der Waals surface area (Å²) in [5, 5.41) is 19.8. The Bertz CT molecular complexity index is 1160. The van der Waals surface area contributed by atoms with E-state index in [1.165, 1.54) is 0 Å². The number of hydrogen-bond donors (Lipinski definition) is 3. The predicted octanol–water partition coefficient (Wildman–Crippen LogP) is -0.243. The number of carbonyl (C=O) groups excluding carboxylic acids is 3. The molecule has 1 aromatic heterocycles. The fraction of sp³-hybridized carbons (Fsp3) is 0.286. The van der Waals surface area contributed by atoms with Gasteiger partial charge in [0.15, 0.2) is 0 Å². The van der Waals surface area contributed by atoms with Crippen molar-refractivity contribution in [3.8, 4) is 11.1 Å². The standard InChI is InChI=1S/C28H32N4O4.Na/c1-20-14-16-30-25(17-20)29-15-6-5-9-26(33)31-19-27(34)32-24(18-28(35)36)23-12-10-22(11-13-23)21-7-3-2-4-8-21;/h2-4,7-8,10-14,16-17,24H,5-6,9,15,18-19H2,1H3,(H,29,30)(H,31,33)(H,32,34)(H,35,36);/q;+1/p-1. The average molecular weight is 511 g/mol. The van der Waals surface area contributed by atoms with Gasteiger partial charge in [-0.25, -0.2) is 4.98 Å². The number of aromatic nitrogens is 1. The second-order valence-corrected chi connectivity index (χ2v) is 8.56. The van der Waals surface area contributed by atoms with Crippen LogP contribution in [0.2, 0.25) is 0 Å². The van der Waals surface area contributed by atoms with E-state index in [1.54, 1.807) is 18.3 Å². The SMILES string of the molecule is Cc1ccnc(NCCCCC(=O)NCC(=O)NC(CC(=O)[O-])c2ccc(-c3ccccc3)cc2)c1.[Na+]. The molecule has 0 radical (unpaired) electrons. The molecule has 2 amide bonds. The molecule has 0 aliphatic carbocycles. The summed E-state index contributed by atoms with van der Waals surface area (Å²) in [6.45, 7) is 2.46. The number of nitrogens with one attached hydrogen (secondary N) is 3. The van der Waals surface area contributed by atoms with Crippen LogP contribution in [0.3, 0.4) is 0 Å². The van der Waals surface area contributed by atoms with Crippen molar-refractivity contribution in [1.82, 2.24) is 15.6 Å². The van der Waals surface area contributed by atoms with Crippen molar-refractivity contribution >= 4 is 23.6 Å². The topological polar surface area (TPSA) is 123 Å². The third kappa shape index (κ3) is 10.8. The quantitative estimate of drug-likeness (QED) is 0.215. The molecule has 0 saturated heterocycles. The Morgan fingerprint density at radius 1 is 0.919 bits per heavy atom. The van der Waals surface area contributed by atoms with Crippen molar-refractivity contribution in [2.24, 2.45) is 0 Å². The molecule has 37 heavy (non-hydrogen) atoms. The number of nitrogens with zero attached hydrogens (tertiary/aromatic N) is 1. The number of hydrogen-bond acceptors (Lipinski definition) is 6. The molecule has 3 aromatic rings. The van der Waals surface area contributed by atoms with Gasteiger partial charge in [0, 0.05) is 31.6 Å². The van der Waals surface area contributed by atoms with E-state index in [0.717, 1.165) is 28.9 Å². The fourth-order valence-corrected chi connectivity index (χ4v) is 3.73. The first-order valence-corrected chi connectivity index (χ1v) is 12.0. The van der Waals surface area contributed by atoms with Gasteiger partial charge in [-0.3, -0.25) is 9.59 Å². The Labute approximate surface area is 239 Å². The van der Waals surface area contributed by atoms with E-state index < -0.39 is 17.9 Å². The number of carboxylic acids is 1. The van der Waals surface area contributed by atoms with Crippen LogP contribution in [0.15, 0.2) is 72.9 Å². The first-order valence-electron chi connectivity index (χ1n) is 12.0. The molecule has 1 heterocycles. The minimum absolute atomic E-state index is 0.